The minimum Gasteiger partial charge on any atom is -0.399 e. The van der Waals surface area contributed by atoms with Crippen LogP contribution in [0.2, 0.25) is 0 Å². The SMILES string of the molecule is Nc1ccc(S(=O)(=O)NC2CCN3CCCC23)c(F)c1. The third-order valence-electron chi connectivity index (χ3n) is 4.16. The van der Waals surface area contributed by atoms with Crippen molar-refractivity contribution >= 4 is 15.7 Å². The van der Waals surface area contributed by atoms with Crippen LogP contribution in [0.1, 0.15) is 19.3 Å². The van der Waals surface area contributed by atoms with E-state index in [9.17, 15) is 12.8 Å². The van der Waals surface area contributed by atoms with E-state index in [1.807, 2.05) is 0 Å². The molecule has 7 heteroatoms. The van der Waals surface area contributed by atoms with Gasteiger partial charge in [-0.25, -0.2) is 17.5 Å². The molecule has 1 aromatic rings. The van der Waals surface area contributed by atoms with E-state index in [0.29, 0.717) is 0 Å². The first-order valence-electron chi connectivity index (χ1n) is 6.79. The molecule has 110 valence electrons. The van der Waals surface area contributed by atoms with Crippen molar-refractivity contribution in [1.29, 1.82) is 0 Å². The van der Waals surface area contributed by atoms with Crippen molar-refractivity contribution in [3.63, 3.8) is 0 Å². The zero-order valence-electron chi connectivity index (χ0n) is 11.0. The van der Waals surface area contributed by atoms with Crippen LogP contribution < -0.4 is 10.5 Å². The van der Waals surface area contributed by atoms with Crippen LogP contribution in [0.3, 0.4) is 0 Å². The largest absolute Gasteiger partial charge is 0.399 e. The highest BCUT2D eigenvalue weighted by atomic mass is 32.2. The molecule has 2 aliphatic rings. The van der Waals surface area contributed by atoms with Crippen LogP contribution in [-0.4, -0.2) is 38.5 Å². The number of hydrogen-bond acceptors (Lipinski definition) is 4. The number of fused-ring (bicyclic) bond motifs is 1. The average Bonchev–Trinajstić information content (AvgIpc) is 2.93. The molecular weight excluding hydrogens is 281 g/mol. The third-order valence-corrected chi connectivity index (χ3v) is 5.68. The van der Waals surface area contributed by atoms with Crippen molar-refractivity contribution in [2.24, 2.45) is 0 Å². The van der Waals surface area contributed by atoms with E-state index in [4.69, 9.17) is 5.73 Å². The van der Waals surface area contributed by atoms with Crippen LogP contribution in [0.4, 0.5) is 10.1 Å². The monoisotopic (exact) mass is 299 g/mol. The minimum absolute atomic E-state index is 0.126. The lowest BCUT2D eigenvalue weighted by atomic mass is 10.1. The molecule has 0 bridgehead atoms. The summed E-state index contributed by atoms with van der Waals surface area (Å²) in [6.45, 7) is 1.93. The molecule has 0 aliphatic carbocycles. The van der Waals surface area contributed by atoms with Gasteiger partial charge in [0.05, 0.1) is 0 Å². The zero-order chi connectivity index (χ0) is 14.3. The van der Waals surface area contributed by atoms with E-state index in [1.165, 1.54) is 12.1 Å². The van der Waals surface area contributed by atoms with Gasteiger partial charge in [-0.2, -0.15) is 0 Å². The molecule has 2 aliphatic heterocycles. The van der Waals surface area contributed by atoms with Crippen LogP contribution in [0.25, 0.3) is 0 Å². The first-order chi connectivity index (χ1) is 9.47. The highest BCUT2D eigenvalue weighted by Crippen LogP contribution is 2.29. The van der Waals surface area contributed by atoms with Crippen LogP contribution in [0.5, 0.6) is 0 Å². The average molecular weight is 299 g/mol. The van der Waals surface area contributed by atoms with E-state index in [2.05, 4.69) is 9.62 Å². The molecule has 0 aromatic heterocycles. The second-order valence-electron chi connectivity index (χ2n) is 5.45. The number of nitrogens with one attached hydrogen (secondary N) is 1. The topological polar surface area (TPSA) is 75.4 Å². The fourth-order valence-electron chi connectivity index (χ4n) is 3.22. The van der Waals surface area contributed by atoms with Gasteiger partial charge in [0.1, 0.15) is 10.7 Å². The number of halogens is 1. The molecule has 2 saturated heterocycles. The molecule has 0 amide bonds. The standard InChI is InChI=1S/C13H18FN3O2S/c14-10-8-9(15)3-4-13(10)20(18,19)16-11-5-7-17-6-1-2-12(11)17/h3-4,8,11-12,16H,1-2,5-7,15H2. The summed E-state index contributed by atoms with van der Waals surface area (Å²) in [6.07, 6.45) is 2.87. The van der Waals surface area contributed by atoms with Crippen molar-refractivity contribution in [1.82, 2.24) is 9.62 Å². The number of sulfonamides is 1. The van der Waals surface area contributed by atoms with Crippen LogP contribution >= 0.6 is 0 Å². The Kier molecular flexibility index (Phi) is 3.43. The summed E-state index contributed by atoms with van der Waals surface area (Å²) >= 11 is 0. The van der Waals surface area contributed by atoms with Gasteiger partial charge in [0, 0.05) is 24.3 Å². The Labute approximate surface area is 118 Å². The molecule has 5 nitrogen and oxygen atoms in total. The Hall–Kier alpha value is -1.18. The molecule has 2 heterocycles. The van der Waals surface area contributed by atoms with E-state index < -0.39 is 15.8 Å². The molecule has 0 saturated carbocycles. The molecule has 1 aromatic carbocycles. The Morgan fingerprint density at radius 3 is 2.85 bits per heavy atom. The summed E-state index contributed by atoms with van der Waals surface area (Å²) in [7, 11) is -3.84. The summed E-state index contributed by atoms with van der Waals surface area (Å²) in [5, 5.41) is 0. The normalized spacial score (nSPS) is 26.9. The highest BCUT2D eigenvalue weighted by Gasteiger charge is 2.39. The Bertz CT molecular complexity index is 620. The van der Waals surface area contributed by atoms with Gasteiger partial charge in [-0.1, -0.05) is 0 Å². The molecule has 20 heavy (non-hydrogen) atoms. The summed E-state index contributed by atoms with van der Waals surface area (Å²) in [4.78, 5) is 1.97. The number of nitrogens with zero attached hydrogens (tertiary/aromatic N) is 1. The number of hydrogen-bond donors (Lipinski definition) is 2. The fourth-order valence-corrected chi connectivity index (χ4v) is 4.58. The number of rotatable bonds is 3. The summed E-state index contributed by atoms with van der Waals surface area (Å²) in [5.41, 5.74) is 5.65. The number of nitrogens with two attached hydrogens (primary N) is 1. The van der Waals surface area contributed by atoms with E-state index in [1.54, 1.807) is 0 Å². The summed E-state index contributed by atoms with van der Waals surface area (Å²) in [6, 6.07) is 3.77. The van der Waals surface area contributed by atoms with Gasteiger partial charge >= 0.3 is 0 Å². The van der Waals surface area contributed by atoms with Crippen molar-refractivity contribution in [2.75, 3.05) is 18.8 Å². The van der Waals surface area contributed by atoms with Gasteiger partial charge in [0.15, 0.2) is 0 Å². The van der Waals surface area contributed by atoms with Gasteiger partial charge in [-0.05, 0) is 44.0 Å². The van der Waals surface area contributed by atoms with Gasteiger partial charge in [0.2, 0.25) is 10.0 Å². The van der Waals surface area contributed by atoms with E-state index in [-0.39, 0.29) is 22.7 Å². The minimum atomic E-state index is -3.84. The molecule has 3 N–H and O–H groups in total. The lowest BCUT2D eigenvalue weighted by Crippen LogP contribution is -2.42. The maximum atomic E-state index is 13.8. The molecule has 0 radical (unpaired) electrons. The number of benzene rings is 1. The second-order valence-corrected chi connectivity index (χ2v) is 7.13. The van der Waals surface area contributed by atoms with Gasteiger partial charge in [-0.15, -0.1) is 0 Å². The first-order valence-corrected chi connectivity index (χ1v) is 8.27. The smallest absolute Gasteiger partial charge is 0.243 e. The van der Waals surface area contributed by atoms with Crippen molar-refractivity contribution in [3.8, 4) is 0 Å². The molecule has 2 atom stereocenters. The van der Waals surface area contributed by atoms with E-state index in [0.717, 1.165) is 38.4 Å². The first kappa shape index (κ1) is 13.8. The van der Waals surface area contributed by atoms with Crippen molar-refractivity contribution in [3.05, 3.63) is 24.0 Å². The van der Waals surface area contributed by atoms with Gasteiger partial charge in [0.25, 0.3) is 0 Å². The summed E-state index contributed by atoms with van der Waals surface area (Å²) < 4.78 is 41.0. The Morgan fingerprint density at radius 2 is 2.10 bits per heavy atom. The van der Waals surface area contributed by atoms with E-state index >= 15 is 0 Å². The zero-order valence-corrected chi connectivity index (χ0v) is 11.9. The summed E-state index contributed by atoms with van der Waals surface area (Å²) in [5.74, 6) is -0.807. The quantitative estimate of drug-likeness (QED) is 0.814. The van der Waals surface area contributed by atoms with Crippen molar-refractivity contribution in [2.45, 2.75) is 36.2 Å². The van der Waals surface area contributed by atoms with Crippen LogP contribution in [0, 0.1) is 5.82 Å². The molecule has 3 rings (SSSR count). The second kappa shape index (κ2) is 4.98. The predicted molar refractivity (Wildman–Crippen MR) is 74.1 cm³/mol. The maximum Gasteiger partial charge on any atom is 0.243 e. The molecule has 2 unspecified atom stereocenters. The third kappa shape index (κ3) is 2.41. The lowest BCUT2D eigenvalue weighted by molar-refractivity contribution is 0.308. The number of nitrogen functional groups attached to an aromatic ring is 1. The Balaban J connectivity index is 1.82. The number of anilines is 1. The molecular formula is C13H18FN3O2S. The van der Waals surface area contributed by atoms with Crippen LogP contribution in [-0.2, 0) is 10.0 Å². The van der Waals surface area contributed by atoms with Gasteiger partial charge < -0.3 is 5.73 Å². The van der Waals surface area contributed by atoms with Crippen LogP contribution in [0.15, 0.2) is 23.1 Å². The molecule has 0 spiro atoms. The Morgan fingerprint density at radius 1 is 1.30 bits per heavy atom. The molecule has 2 fully saturated rings. The van der Waals surface area contributed by atoms with Gasteiger partial charge in [-0.3, -0.25) is 4.90 Å². The predicted octanol–water partition coefficient (Wildman–Crippen LogP) is 0.923. The van der Waals surface area contributed by atoms with Crippen molar-refractivity contribution < 1.29 is 12.8 Å². The fraction of sp³-hybridized carbons (Fsp3) is 0.538. The lowest BCUT2D eigenvalue weighted by Gasteiger charge is -2.21. The highest BCUT2D eigenvalue weighted by molar-refractivity contribution is 7.89. The maximum absolute atomic E-state index is 13.8.